The van der Waals surface area contributed by atoms with Crippen LogP contribution in [0.4, 0.5) is 11.6 Å². The number of nitrogens with zero attached hydrogens (tertiary/aromatic N) is 5. The molecular weight excluding hydrogens is 376 g/mol. The number of nitrogens with one attached hydrogen (secondary N) is 1. The first-order chi connectivity index (χ1) is 13.5. The van der Waals surface area contributed by atoms with Gasteiger partial charge in [0.05, 0.1) is 6.10 Å². The highest BCUT2D eigenvalue weighted by molar-refractivity contribution is 7.14. The maximum absolute atomic E-state index is 11.6. The van der Waals surface area contributed by atoms with E-state index in [1.807, 2.05) is 25.3 Å². The number of hydrogen-bond acceptors (Lipinski definition) is 8. The largest absolute Gasteiger partial charge is 0.381 e. The van der Waals surface area contributed by atoms with E-state index in [2.05, 4.69) is 25.4 Å². The third kappa shape index (κ3) is 3.81. The van der Waals surface area contributed by atoms with Crippen LogP contribution in [0.15, 0.2) is 18.3 Å². The number of carbonyl (C=O) groups excluding carboxylic acids is 1. The molecule has 0 unspecified atom stereocenters. The van der Waals surface area contributed by atoms with Gasteiger partial charge in [-0.05, 0) is 37.3 Å². The Bertz CT molecular complexity index is 1010. The summed E-state index contributed by atoms with van der Waals surface area (Å²) in [4.78, 5) is 23.1. The van der Waals surface area contributed by atoms with Gasteiger partial charge in [-0.15, -0.1) is 10.2 Å². The van der Waals surface area contributed by atoms with Crippen molar-refractivity contribution >= 4 is 39.7 Å². The fourth-order valence-corrected chi connectivity index (χ4v) is 4.10. The van der Waals surface area contributed by atoms with Crippen molar-refractivity contribution in [3.63, 3.8) is 0 Å². The topological polar surface area (TPSA) is 93.1 Å². The Morgan fingerprint density at radius 3 is 2.71 bits per heavy atom. The molecule has 9 heteroatoms. The third-order valence-electron chi connectivity index (χ3n) is 4.82. The second kappa shape index (κ2) is 7.76. The minimum atomic E-state index is -0.148. The van der Waals surface area contributed by atoms with Crippen LogP contribution >= 0.6 is 11.3 Å². The highest BCUT2D eigenvalue weighted by Gasteiger charge is 2.22. The summed E-state index contributed by atoms with van der Waals surface area (Å²) in [6.07, 6.45) is 4.01. The van der Waals surface area contributed by atoms with Crippen molar-refractivity contribution in [2.75, 3.05) is 30.4 Å². The molecule has 8 nitrogen and oxygen atoms in total. The Hall–Kier alpha value is -2.65. The second-order valence-electron chi connectivity index (χ2n) is 6.85. The van der Waals surface area contributed by atoms with Gasteiger partial charge in [-0.3, -0.25) is 9.78 Å². The second-order valence-corrected chi connectivity index (χ2v) is 8.03. The number of anilines is 2. The summed E-state index contributed by atoms with van der Waals surface area (Å²) < 4.78 is 5.48. The quantitative estimate of drug-likeness (QED) is 0.722. The molecule has 3 aromatic rings. The normalized spacial score (nSPS) is 15.2. The van der Waals surface area contributed by atoms with Gasteiger partial charge in [-0.25, -0.2) is 4.98 Å². The van der Waals surface area contributed by atoms with Crippen molar-refractivity contribution in [1.82, 2.24) is 20.2 Å². The van der Waals surface area contributed by atoms with E-state index in [0.29, 0.717) is 5.82 Å². The van der Waals surface area contributed by atoms with E-state index in [4.69, 9.17) is 9.72 Å². The lowest BCUT2D eigenvalue weighted by molar-refractivity contribution is -0.114. The molecule has 3 aromatic heterocycles. The number of hydrogen-bond donors (Lipinski definition) is 1. The molecule has 146 valence electrons. The monoisotopic (exact) mass is 398 g/mol. The SMILES string of the molecule is COC1CCN(c2nc(NC(C)=O)cc3cc(-c4nnc(C)s4)ncc23)CC1. The predicted molar refractivity (Wildman–Crippen MR) is 110 cm³/mol. The molecule has 28 heavy (non-hydrogen) atoms. The predicted octanol–water partition coefficient (Wildman–Crippen LogP) is 3.03. The molecule has 0 radical (unpaired) electrons. The first kappa shape index (κ1) is 18.7. The Balaban J connectivity index is 1.77. The molecule has 0 atom stereocenters. The molecular formula is C19H22N6O2S. The Kier molecular flexibility index (Phi) is 5.19. The highest BCUT2D eigenvalue weighted by Crippen LogP contribution is 2.32. The number of ether oxygens (including phenoxy) is 1. The Morgan fingerprint density at radius 2 is 2.07 bits per heavy atom. The van der Waals surface area contributed by atoms with Crippen LogP contribution in [0.3, 0.4) is 0 Å². The number of aromatic nitrogens is 4. The zero-order valence-electron chi connectivity index (χ0n) is 16.1. The summed E-state index contributed by atoms with van der Waals surface area (Å²) in [6, 6.07) is 3.86. The van der Waals surface area contributed by atoms with Crippen molar-refractivity contribution < 1.29 is 9.53 Å². The van der Waals surface area contributed by atoms with Gasteiger partial charge in [0, 0.05) is 38.7 Å². The molecule has 0 bridgehead atoms. The van der Waals surface area contributed by atoms with Gasteiger partial charge in [0.1, 0.15) is 22.3 Å². The fraction of sp³-hybridized carbons (Fsp3) is 0.421. The molecule has 1 aliphatic rings. The Labute approximate surface area is 167 Å². The fourth-order valence-electron chi connectivity index (χ4n) is 3.44. The van der Waals surface area contributed by atoms with E-state index in [1.54, 1.807) is 7.11 Å². The number of pyridine rings is 2. The van der Waals surface area contributed by atoms with Crippen molar-refractivity contribution in [1.29, 1.82) is 0 Å². The van der Waals surface area contributed by atoms with Gasteiger partial charge in [0.25, 0.3) is 0 Å². The van der Waals surface area contributed by atoms with Crippen molar-refractivity contribution in [3.8, 4) is 10.7 Å². The van der Waals surface area contributed by atoms with Crippen LogP contribution in [0, 0.1) is 6.92 Å². The molecule has 0 aromatic carbocycles. The van der Waals surface area contributed by atoms with Crippen LogP contribution in [-0.4, -0.2) is 52.4 Å². The van der Waals surface area contributed by atoms with Gasteiger partial charge < -0.3 is 15.0 Å². The average Bonchev–Trinajstić information content (AvgIpc) is 3.13. The summed E-state index contributed by atoms with van der Waals surface area (Å²) >= 11 is 1.50. The maximum atomic E-state index is 11.6. The molecule has 1 fully saturated rings. The zero-order valence-corrected chi connectivity index (χ0v) is 16.9. The molecule has 0 aliphatic carbocycles. The number of aryl methyl sites for hydroxylation is 1. The number of carbonyl (C=O) groups is 1. The summed E-state index contributed by atoms with van der Waals surface area (Å²) in [7, 11) is 1.76. The van der Waals surface area contributed by atoms with Crippen LogP contribution in [0.1, 0.15) is 24.8 Å². The van der Waals surface area contributed by atoms with Gasteiger partial charge in [-0.1, -0.05) is 11.3 Å². The minimum Gasteiger partial charge on any atom is -0.381 e. The third-order valence-corrected chi connectivity index (χ3v) is 5.68. The van der Waals surface area contributed by atoms with Gasteiger partial charge in [-0.2, -0.15) is 0 Å². The van der Waals surface area contributed by atoms with Gasteiger partial charge >= 0.3 is 0 Å². The Morgan fingerprint density at radius 1 is 1.29 bits per heavy atom. The van der Waals surface area contributed by atoms with Gasteiger partial charge in [0.2, 0.25) is 5.91 Å². The molecule has 4 heterocycles. The van der Waals surface area contributed by atoms with E-state index < -0.39 is 0 Å². The molecule has 1 N–H and O–H groups in total. The number of methoxy groups -OCH3 is 1. The lowest BCUT2D eigenvalue weighted by atomic mass is 10.1. The summed E-state index contributed by atoms with van der Waals surface area (Å²) in [5.74, 6) is 1.22. The molecule has 0 saturated carbocycles. The standard InChI is InChI=1S/C19H22N6O2S/c1-11(26)21-17-9-13-8-16(19-24-23-12(2)28-19)20-10-15(13)18(22-17)25-6-4-14(27-3)5-7-25/h8-10,14H,4-7H2,1-3H3,(H,21,22,26). The van der Waals surface area contributed by atoms with Crippen LogP contribution in [0.5, 0.6) is 0 Å². The van der Waals surface area contributed by atoms with Crippen LogP contribution in [0.25, 0.3) is 21.5 Å². The van der Waals surface area contributed by atoms with Crippen LogP contribution in [0.2, 0.25) is 0 Å². The summed E-state index contributed by atoms with van der Waals surface area (Å²) in [5.41, 5.74) is 0.766. The maximum Gasteiger partial charge on any atom is 0.222 e. The van der Waals surface area contributed by atoms with Gasteiger partial charge in [0.15, 0.2) is 5.01 Å². The summed E-state index contributed by atoms with van der Waals surface area (Å²) in [6.45, 7) is 5.10. The number of amides is 1. The van der Waals surface area contributed by atoms with E-state index >= 15 is 0 Å². The first-order valence-electron chi connectivity index (χ1n) is 9.20. The highest BCUT2D eigenvalue weighted by atomic mass is 32.1. The number of rotatable bonds is 4. The van der Waals surface area contributed by atoms with E-state index in [-0.39, 0.29) is 12.0 Å². The van der Waals surface area contributed by atoms with Crippen molar-refractivity contribution in [2.45, 2.75) is 32.8 Å². The van der Waals surface area contributed by atoms with Crippen molar-refractivity contribution in [3.05, 3.63) is 23.3 Å². The van der Waals surface area contributed by atoms with E-state index in [9.17, 15) is 4.79 Å². The molecule has 1 amide bonds. The number of piperidine rings is 1. The minimum absolute atomic E-state index is 0.148. The zero-order chi connectivity index (χ0) is 19.7. The molecule has 0 spiro atoms. The molecule has 4 rings (SSSR count). The van der Waals surface area contributed by atoms with E-state index in [0.717, 1.165) is 58.2 Å². The first-order valence-corrected chi connectivity index (χ1v) is 10.0. The summed E-state index contributed by atoms with van der Waals surface area (Å²) in [5, 5.41) is 14.7. The van der Waals surface area contributed by atoms with Crippen molar-refractivity contribution in [2.24, 2.45) is 0 Å². The lowest BCUT2D eigenvalue weighted by Gasteiger charge is -2.33. The van der Waals surface area contributed by atoms with Crippen LogP contribution in [-0.2, 0) is 9.53 Å². The molecule has 1 saturated heterocycles. The van der Waals surface area contributed by atoms with Crippen LogP contribution < -0.4 is 10.2 Å². The van der Waals surface area contributed by atoms with E-state index in [1.165, 1.54) is 18.3 Å². The molecule has 1 aliphatic heterocycles. The number of fused-ring (bicyclic) bond motifs is 1. The average molecular weight is 398 g/mol. The smallest absolute Gasteiger partial charge is 0.222 e. The lowest BCUT2D eigenvalue weighted by Crippen LogP contribution is -2.37.